The van der Waals surface area contributed by atoms with Gasteiger partial charge in [0.2, 0.25) is 5.95 Å². The second-order valence-electron chi connectivity index (χ2n) is 4.83. The van der Waals surface area contributed by atoms with Gasteiger partial charge in [-0.15, -0.1) is 0 Å². The van der Waals surface area contributed by atoms with E-state index in [9.17, 15) is 9.59 Å². The van der Waals surface area contributed by atoms with Crippen molar-refractivity contribution in [1.82, 2.24) is 9.55 Å². The Morgan fingerprint density at radius 3 is 2.73 bits per heavy atom. The van der Waals surface area contributed by atoms with Crippen molar-refractivity contribution >= 4 is 28.5 Å². The number of rotatable bonds is 3. The molecule has 3 aromatic rings. The van der Waals surface area contributed by atoms with E-state index in [-0.39, 0.29) is 11.1 Å². The molecule has 0 bridgehead atoms. The van der Waals surface area contributed by atoms with Crippen LogP contribution in [0.25, 0.3) is 10.9 Å². The van der Waals surface area contributed by atoms with Gasteiger partial charge in [0, 0.05) is 12.7 Å². The van der Waals surface area contributed by atoms with Crippen LogP contribution in [-0.2, 0) is 7.05 Å². The highest BCUT2D eigenvalue weighted by molar-refractivity contribution is 5.89. The zero-order chi connectivity index (χ0) is 15.7. The third-order valence-electron chi connectivity index (χ3n) is 3.39. The van der Waals surface area contributed by atoms with Gasteiger partial charge in [-0.2, -0.15) is 4.98 Å². The monoisotopic (exact) mass is 295 g/mol. The smallest absolute Gasteiger partial charge is 0.335 e. The third-order valence-corrected chi connectivity index (χ3v) is 3.39. The van der Waals surface area contributed by atoms with Crippen molar-refractivity contribution in [2.45, 2.75) is 0 Å². The second kappa shape index (κ2) is 5.33. The van der Waals surface area contributed by atoms with E-state index in [1.165, 1.54) is 12.1 Å². The lowest BCUT2D eigenvalue weighted by molar-refractivity contribution is 0.0697. The number of fused-ring (bicyclic) bond motifs is 1. The molecule has 110 valence electrons. The molecule has 0 amide bonds. The summed E-state index contributed by atoms with van der Waals surface area (Å²) in [5.74, 6) is -0.657. The molecule has 0 aliphatic rings. The van der Waals surface area contributed by atoms with Gasteiger partial charge in [-0.25, -0.2) is 4.79 Å². The van der Waals surface area contributed by atoms with Crippen molar-refractivity contribution in [2.75, 3.05) is 5.32 Å². The fraction of sp³-hybridized carbons (Fsp3) is 0.0625. The van der Waals surface area contributed by atoms with Crippen LogP contribution in [0.4, 0.5) is 11.6 Å². The van der Waals surface area contributed by atoms with Gasteiger partial charge in [0.25, 0.3) is 5.56 Å². The van der Waals surface area contributed by atoms with Gasteiger partial charge >= 0.3 is 5.97 Å². The molecule has 0 aliphatic carbocycles. The highest BCUT2D eigenvalue weighted by atomic mass is 16.4. The maximum Gasteiger partial charge on any atom is 0.335 e. The molecule has 0 spiro atoms. The molecule has 22 heavy (non-hydrogen) atoms. The highest BCUT2D eigenvalue weighted by Gasteiger charge is 2.09. The average molecular weight is 295 g/mol. The molecular formula is C16H13N3O3. The SMILES string of the molecule is Cn1c(Nc2cccc(C(=O)O)c2)nc(=O)c2ccccc21. The van der Waals surface area contributed by atoms with E-state index in [0.717, 1.165) is 5.52 Å². The van der Waals surface area contributed by atoms with Crippen molar-refractivity contribution in [3.8, 4) is 0 Å². The molecule has 0 unspecified atom stereocenters. The quantitative estimate of drug-likeness (QED) is 0.775. The molecular weight excluding hydrogens is 282 g/mol. The second-order valence-corrected chi connectivity index (χ2v) is 4.83. The predicted octanol–water partition coefficient (Wildman–Crippen LogP) is 2.38. The zero-order valence-electron chi connectivity index (χ0n) is 11.8. The van der Waals surface area contributed by atoms with E-state index < -0.39 is 5.97 Å². The summed E-state index contributed by atoms with van der Waals surface area (Å²) in [5, 5.41) is 12.5. The number of para-hydroxylation sites is 1. The normalized spacial score (nSPS) is 10.6. The lowest BCUT2D eigenvalue weighted by Crippen LogP contribution is -2.16. The molecule has 6 nitrogen and oxygen atoms in total. The summed E-state index contributed by atoms with van der Waals surface area (Å²) in [5.41, 5.74) is 1.14. The van der Waals surface area contributed by atoms with Crippen LogP contribution in [0.5, 0.6) is 0 Å². The topological polar surface area (TPSA) is 84.2 Å². The number of carboxylic acid groups (broad SMARTS) is 1. The lowest BCUT2D eigenvalue weighted by Gasteiger charge is -2.13. The molecule has 0 radical (unpaired) electrons. The zero-order valence-corrected chi connectivity index (χ0v) is 11.8. The van der Waals surface area contributed by atoms with Gasteiger partial charge in [-0.05, 0) is 30.3 Å². The molecule has 2 aromatic carbocycles. The van der Waals surface area contributed by atoms with E-state index in [0.29, 0.717) is 17.0 Å². The number of aromatic nitrogens is 2. The first-order valence-corrected chi connectivity index (χ1v) is 6.62. The minimum Gasteiger partial charge on any atom is -0.478 e. The van der Waals surface area contributed by atoms with Crippen LogP contribution < -0.4 is 10.9 Å². The van der Waals surface area contributed by atoms with Gasteiger partial charge < -0.3 is 15.0 Å². The van der Waals surface area contributed by atoms with Crippen molar-refractivity contribution in [1.29, 1.82) is 0 Å². The Kier molecular flexibility index (Phi) is 3.34. The van der Waals surface area contributed by atoms with Crippen LogP contribution in [0.2, 0.25) is 0 Å². The Hall–Kier alpha value is -3.15. The summed E-state index contributed by atoms with van der Waals surface area (Å²) >= 11 is 0. The average Bonchev–Trinajstić information content (AvgIpc) is 2.52. The molecule has 1 heterocycles. The summed E-state index contributed by atoms with van der Waals surface area (Å²) in [6, 6.07) is 13.5. The van der Waals surface area contributed by atoms with Gasteiger partial charge in [0.1, 0.15) is 0 Å². The van der Waals surface area contributed by atoms with E-state index in [2.05, 4.69) is 10.3 Å². The van der Waals surface area contributed by atoms with Gasteiger partial charge in [0.05, 0.1) is 16.5 Å². The van der Waals surface area contributed by atoms with Crippen molar-refractivity contribution in [2.24, 2.45) is 7.05 Å². The molecule has 0 saturated heterocycles. The molecule has 3 rings (SSSR count). The van der Waals surface area contributed by atoms with Gasteiger partial charge in [-0.1, -0.05) is 18.2 Å². The first-order chi connectivity index (χ1) is 10.6. The molecule has 2 N–H and O–H groups in total. The lowest BCUT2D eigenvalue weighted by atomic mass is 10.2. The van der Waals surface area contributed by atoms with Crippen molar-refractivity contribution in [3.05, 3.63) is 64.4 Å². The minimum absolute atomic E-state index is 0.163. The maximum atomic E-state index is 12.1. The molecule has 1 aromatic heterocycles. The van der Waals surface area contributed by atoms with Crippen LogP contribution in [0.3, 0.4) is 0 Å². The number of hydrogen-bond acceptors (Lipinski definition) is 4. The number of carbonyl (C=O) groups is 1. The summed E-state index contributed by atoms with van der Waals surface area (Å²) in [4.78, 5) is 27.1. The number of hydrogen-bond donors (Lipinski definition) is 2. The number of benzene rings is 2. The van der Waals surface area contributed by atoms with Crippen LogP contribution >= 0.6 is 0 Å². The Morgan fingerprint density at radius 1 is 1.18 bits per heavy atom. The molecule has 0 aliphatic heterocycles. The summed E-state index contributed by atoms with van der Waals surface area (Å²) < 4.78 is 1.75. The fourth-order valence-electron chi connectivity index (χ4n) is 2.26. The third kappa shape index (κ3) is 2.42. The van der Waals surface area contributed by atoms with E-state index in [4.69, 9.17) is 5.11 Å². The van der Waals surface area contributed by atoms with Crippen LogP contribution in [0.1, 0.15) is 10.4 Å². The van der Waals surface area contributed by atoms with Gasteiger partial charge in [0.15, 0.2) is 0 Å². The van der Waals surface area contributed by atoms with Crippen molar-refractivity contribution < 1.29 is 9.90 Å². The van der Waals surface area contributed by atoms with E-state index >= 15 is 0 Å². The number of nitrogens with zero attached hydrogens (tertiary/aromatic N) is 2. The summed E-state index contributed by atoms with van der Waals surface area (Å²) in [6.07, 6.45) is 0. The largest absolute Gasteiger partial charge is 0.478 e. The molecule has 0 saturated carbocycles. The fourth-order valence-corrected chi connectivity index (χ4v) is 2.26. The van der Waals surface area contributed by atoms with Crippen LogP contribution in [0.15, 0.2) is 53.3 Å². The van der Waals surface area contributed by atoms with Crippen LogP contribution in [0, 0.1) is 0 Å². The Labute approximate surface area is 125 Å². The molecule has 0 fully saturated rings. The first kappa shape index (κ1) is 13.8. The number of anilines is 2. The standard InChI is InChI=1S/C16H13N3O3/c1-19-13-8-3-2-7-12(13)14(20)18-16(19)17-11-6-4-5-10(9-11)15(21)22/h2-9H,1H3,(H,21,22)(H,17,18,20). The number of aryl methyl sites for hydroxylation is 1. The molecule has 0 atom stereocenters. The first-order valence-electron chi connectivity index (χ1n) is 6.62. The number of aromatic carboxylic acids is 1. The predicted molar refractivity (Wildman–Crippen MR) is 83.7 cm³/mol. The number of carboxylic acids is 1. The Balaban J connectivity index is 2.08. The van der Waals surface area contributed by atoms with E-state index in [1.54, 1.807) is 35.9 Å². The van der Waals surface area contributed by atoms with Gasteiger partial charge in [-0.3, -0.25) is 4.79 Å². The van der Waals surface area contributed by atoms with Crippen LogP contribution in [-0.4, -0.2) is 20.6 Å². The highest BCUT2D eigenvalue weighted by Crippen LogP contribution is 2.18. The minimum atomic E-state index is -1.01. The maximum absolute atomic E-state index is 12.1. The Bertz CT molecular complexity index is 931. The van der Waals surface area contributed by atoms with Crippen molar-refractivity contribution in [3.63, 3.8) is 0 Å². The summed E-state index contributed by atoms with van der Waals surface area (Å²) in [7, 11) is 1.79. The summed E-state index contributed by atoms with van der Waals surface area (Å²) in [6.45, 7) is 0. The van der Waals surface area contributed by atoms with E-state index in [1.807, 2.05) is 12.1 Å². The number of nitrogens with one attached hydrogen (secondary N) is 1. The Morgan fingerprint density at radius 2 is 1.95 bits per heavy atom. The molecule has 6 heteroatoms.